The zero-order chi connectivity index (χ0) is 32.1. The lowest BCUT2D eigenvalue weighted by Crippen LogP contribution is -2.39. The highest BCUT2D eigenvalue weighted by molar-refractivity contribution is 7.89. The van der Waals surface area contributed by atoms with E-state index in [9.17, 15) is 23.1 Å². The van der Waals surface area contributed by atoms with Gasteiger partial charge < -0.3 is 19.9 Å². The summed E-state index contributed by atoms with van der Waals surface area (Å²) in [7, 11) is -3.54. The van der Waals surface area contributed by atoms with Crippen LogP contribution in [0.15, 0.2) is 114 Å². The molecule has 0 saturated heterocycles. The molecule has 0 radical (unpaired) electrons. The number of benzene rings is 4. The third kappa shape index (κ3) is 7.33. The molecule has 0 spiro atoms. The molecule has 0 unspecified atom stereocenters. The van der Waals surface area contributed by atoms with Crippen molar-refractivity contribution in [1.82, 2.24) is 9.71 Å². The number of nitrogens with zero attached hydrogens (tertiary/aromatic N) is 1. The molecular weight excluding hydrogens is 606 g/mol. The number of carboxylic acid groups (broad SMARTS) is 1. The number of amides is 1. The maximum atomic E-state index is 12.7. The van der Waals surface area contributed by atoms with Gasteiger partial charge in [-0.1, -0.05) is 42.5 Å². The van der Waals surface area contributed by atoms with Crippen LogP contribution in [0.3, 0.4) is 0 Å². The van der Waals surface area contributed by atoms with Gasteiger partial charge in [0.1, 0.15) is 11.5 Å². The van der Waals surface area contributed by atoms with E-state index in [2.05, 4.69) is 15.0 Å². The van der Waals surface area contributed by atoms with Gasteiger partial charge in [0, 0.05) is 18.3 Å². The van der Waals surface area contributed by atoms with Crippen LogP contribution in [0.2, 0.25) is 0 Å². The molecule has 6 rings (SSSR count). The Morgan fingerprint density at radius 3 is 2.15 bits per heavy atom. The van der Waals surface area contributed by atoms with Gasteiger partial charge in [0.2, 0.25) is 15.9 Å². The van der Waals surface area contributed by atoms with Crippen LogP contribution in [-0.2, 0) is 10.0 Å². The SMILES string of the molecule is O=C(Nc1ccccc1C(=O)O)c1ccc(Oc2ccc3cc(OC4CCC(NS(=O)(=O)c5ccccc5)CC4)ccc3c2)nc1. The number of aromatic nitrogens is 1. The molecule has 1 saturated carbocycles. The van der Waals surface area contributed by atoms with Crippen molar-refractivity contribution in [2.75, 3.05) is 5.32 Å². The predicted molar refractivity (Wildman–Crippen MR) is 173 cm³/mol. The number of anilines is 1. The Bertz CT molecular complexity index is 1980. The molecule has 1 aromatic heterocycles. The van der Waals surface area contributed by atoms with Gasteiger partial charge in [0.05, 0.1) is 27.8 Å². The summed E-state index contributed by atoms with van der Waals surface area (Å²) in [5.41, 5.74) is 0.440. The summed E-state index contributed by atoms with van der Waals surface area (Å²) < 4.78 is 40.3. The van der Waals surface area contributed by atoms with Crippen LogP contribution in [-0.4, -0.2) is 42.5 Å². The molecule has 1 aliphatic carbocycles. The highest BCUT2D eigenvalue weighted by Gasteiger charge is 2.26. The van der Waals surface area contributed by atoms with Gasteiger partial charge in [-0.05, 0) is 91.1 Å². The van der Waals surface area contributed by atoms with Crippen molar-refractivity contribution < 1.29 is 32.6 Å². The Labute approximate surface area is 266 Å². The van der Waals surface area contributed by atoms with Gasteiger partial charge in [0.15, 0.2) is 0 Å². The first-order valence-electron chi connectivity index (χ1n) is 14.8. The molecule has 1 aliphatic rings. The molecule has 1 fully saturated rings. The maximum Gasteiger partial charge on any atom is 0.337 e. The van der Waals surface area contributed by atoms with Crippen molar-refractivity contribution in [2.24, 2.45) is 0 Å². The number of hydrogen-bond acceptors (Lipinski definition) is 7. The second-order valence-corrected chi connectivity index (χ2v) is 12.7. The molecule has 234 valence electrons. The summed E-state index contributed by atoms with van der Waals surface area (Å²) in [6.45, 7) is 0. The number of carbonyl (C=O) groups is 2. The molecule has 3 N–H and O–H groups in total. The second-order valence-electron chi connectivity index (χ2n) is 11.0. The third-order valence-electron chi connectivity index (χ3n) is 7.76. The minimum atomic E-state index is -3.54. The summed E-state index contributed by atoms with van der Waals surface area (Å²) in [5, 5.41) is 13.9. The lowest BCUT2D eigenvalue weighted by Gasteiger charge is -2.29. The van der Waals surface area contributed by atoms with Crippen LogP contribution >= 0.6 is 0 Å². The Kier molecular flexibility index (Phi) is 8.95. The molecule has 1 heterocycles. The Morgan fingerprint density at radius 1 is 0.783 bits per heavy atom. The molecule has 10 nitrogen and oxygen atoms in total. The molecule has 46 heavy (non-hydrogen) atoms. The lowest BCUT2D eigenvalue weighted by atomic mass is 9.93. The average Bonchev–Trinajstić information content (AvgIpc) is 3.06. The number of para-hydroxylation sites is 1. The number of rotatable bonds is 10. The van der Waals surface area contributed by atoms with Crippen LogP contribution < -0.4 is 19.5 Å². The molecule has 1 amide bonds. The first-order valence-corrected chi connectivity index (χ1v) is 16.3. The third-order valence-corrected chi connectivity index (χ3v) is 9.30. The van der Waals surface area contributed by atoms with Crippen molar-refractivity contribution >= 4 is 38.4 Å². The molecular formula is C35H31N3O7S. The average molecular weight is 638 g/mol. The van der Waals surface area contributed by atoms with E-state index in [4.69, 9.17) is 9.47 Å². The van der Waals surface area contributed by atoms with Crippen LogP contribution in [0.1, 0.15) is 46.4 Å². The zero-order valence-electron chi connectivity index (χ0n) is 24.6. The molecule has 4 aromatic carbocycles. The van der Waals surface area contributed by atoms with E-state index in [1.807, 2.05) is 36.4 Å². The Balaban J connectivity index is 1.03. The normalized spacial score (nSPS) is 16.4. The summed E-state index contributed by atoms with van der Waals surface area (Å²) in [4.78, 5) is 28.6. The Morgan fingerprint density at radius 2 is 1.46 bits per heavy atom. The summed E-state index contributed by atoms with van der Waals surface area (Å²) in [6, 6.07) is 29.0. The van der Waals surface area contributed by atoms with Crippen LogP contribution in [0.4, 0.5) is 5.69 Å². The van der Waals surface area contributed by atoms with Gasteiger partial charge in [-0.15, -0.1) is 0 Å². The van der Waals surface area contributed by atoms with Crippen LogP contribution in [0, 0.1) is 0 Å². The largest absolute Gasteiger partial charge is 0.490 e. The van der Waals surface area contributed by atoms with E-state index < -0.39 is 21.9 Å². The minimum Gasteiger partial charge on any atom is -0.490 e. The second kappa shape index (κ2) is 13.4. The van der Waals surface area contributed by atoms with E-state index in [0.717, 1.165) is 29.4 Å². The Hall–Kier alpha value is -5.26. The molecule has 5 aromatic rings. The number of hydrogen-bond donors (Lipinski definition) is 3. The van der Waals surface area contributed by atoms with Crippen molar-refractivity contribution in [3.8, 4) is 17.4 Å². The number of sulfonamides is 1. The summed E-state index contributed by atoms with van der Waals surface area (Å²) in [5.74, 6) is -0.0160. The topological polar surface area (TPSA) is 144 Å². The predicted octanol–water partition coefficient (Wildman–Crippen LogP) is 6.65. The van der Waals surface area contributed by atoms with Gasteiger partial charge in [0.25, 0.3) is 5.91 Å². The van der Waals surface area contributed by atoms with Gasteiger partial charge >= 0.3 is 5.97 Å². The minimum absolute atomic E-state index is 0.000534. The monoisotopic (exact) mass is 637 g/mol. The smallest absolute Gasteiger partial charge is 0.337 e. The van der Waals surface area contributed by atoms with E-state index in [-0.39, 0.29) is 33.9 Å². The number of pyridine rings is 1. The zero-order valence-corrected chi connectivity index (χ0v) is 25.4. The highest BCUT2D eigenvalue weighted by Crippen LogP contribution is 2.30. The highest BCUT2D eigenvalue weighted by atomic mass is 32.2. The summed E-state index contributed by atoms with van der Waals surface area (Å²) >= 11 is 0. The summed E-state index contributed by atoms with van der Waals surface area (Å²) in [6.07, 6.45) is 4.25. The van der Waals surface area contributed by atoms with Gasteiger partial charge in [-0.2, -0.15) is 0 Å². The van der Waals surface area contributed by atoms with Crippen molar-refractivity contribution in [2.45, 2.75) is 42.7 Å². The number of carbonyl (C=O) groups excluding carboxylic acids is 1. The first-order chi connectivity index (χ1) is 22.2. The van der Waals surface area contributed by atoms with E-state index in [1.165, 1.54) is 18.3 Å². The fourth-order valence-electron chi connectivity index (χ4n) is 5.39. The van der Waals surface area contributed by atoms with Crippen LogP contribution in [0.5, 0.6) is 17.4 Å². The number of carboxylic acids is 1. The fourth-order valence-corrected chi connectivity index (χ4v) is 6.71. The standard InChI is InChI=1S/C35H31N3O7S/c39-34(37-32-9-5-4-8-31(32)35(40)41)25-12-19-33(36-22-25)45-29-16-11-23-20-28(15-10-24(23)21-29)44-27-17-13-26(14-18-27)38-46(42,43)30-6-2-1-3-7-30/h1-12,15-16,19-22,26-27,38H,13-14,17-18H2,(H,37,39)(H,40,41). The number of fused-ring (bicyclic) bond motifs is 1. The fraction of sp³-hybridized carbons (Fsp3) is 0.171. The van der Waals surface area contributed by atoms with Crippen molar-refractivity contribution in [3.63, 3.8) is 0 Å². The molecule has 0 bridgehead atoms. The van der Waals surface area contributed by atoms with E-state index in [1.54, 1.807) is 54.6 Å². The maximum absolute atomic E-state index is 12.7. The van der Waals surface area contributed by atoms with Gasteiger partial charge in [-0.3, -0.25) is 4.79 Å². The number of aromatic carboxylic acids is 1. The van der Waals surface area contributed by atoms with E-state index in [0.29, 0.717) is 24.5 Å². The van der Waals surface area contributed by atoms with E-state index >= 15 is 0 Å². The first kappa shape index (κ1) is 30.8. The number of nitrogens with one attached hydrogen (secondary N) is 2. The quantitative estimate of drug-likeness (QED) is 0.155. The lowest BCUT2D eigenvalue weighted by molar-refractivity contribution is 0.0698. The molecule has 0 atom stereocenters. The van der Waals surface area contributed by atoms with Crippen LogP contribution in [0.25, 0.3) is 10.8 Å². The van der Waals surface area contributed by atoms with Crippen molar-refractivity contribution in [3.05, 3.63) is 120 Å². The molecule has 0 aliphatic heterocycles. The number of ether oxygens (including phenoxy) is 2. The van der Waals surface area contributed by atoms with Gasteiger partial charge in [-0.25, -0.2) is 22.9 Å². The van der Waals surface area contributed by atoms with Crippen molar-refractivity contribution in [1.29, 1.82) is 0 Å². The molecule has 11 heteroatoms.